The molecule has 3 rings (SSSR count). The van der Waals surface area contributed by atoms with Crippen LogP contribution in [0.15, 0.2) is 39.9 Å². The molecule has 2 unspecified atom stereocenters. The molecular weight excluding hydrogens is 432 g/mol. The predicted molar refractivity (Wildman–Crippen MR) is 121 cm³/mol. The Morgan fingerprint density at radius 2 is 1.75 bits per heavy atom. The van der Waals surface area contributed by atoms with Crippen LogP contribution < -0.4 is 34.3 Å². The number of fused-ring (bicyclic) bond motifs is 1. The second kappa shape index (κ2) is 10.8. The molecule has 0 amide bonds. The van der Waals surface area contributed by atoms with E-state index in [1.54, 1.807) is 11.6 Å². The molecular formula is C22H33ClN6O3. The molecule has 3 aromatic rings. The van der Waals surface area contributed by atoms with Crippen molar-refractivity contribution < 1.29 is 22.8 Å². The van der Waals surface area contributed by atoms with Gasteiger partial charge < -0.3 is 32.7 Å². The number of nitrogens with two attached hydrogens (primary N) is 1. The predicted octanol–water partition coefficient (Wildman–Crippen LogP) is -3.19. The van der Waals surface area contributed by atoms with Gasteiger partial charge in [0.15, 0.2) is 11.2 Å². The van der Waals surface area contributed by atoms with E-state index < -0.39 is 17.4 Å². The topological polar surface area (TPSA) is 111 Å². The minimum atomic E-state index is -0.690. The number of aryl methyl sites for hydroxylation is 1. The smallest absolute Gasteiger partial charge is 0.332 e. The number of benzene rings is 1. The van der Waals surface area contributed by atoms with Crippen molar-refractivity contribution in [3.05, 3.63) is 56.7 Å². The summed E-state index contributed by atoms with van der Waals surface area (Å²) in [6.07, 6.45) is 0.218. The van der Waals surface area contributed by atoms with E-state index in [1.165, 1.54) is 17.2 Å². The number of rotatable bonds is 9. The molecule has 10 heteroatoms. The van der Waals surface area contributed by atoms with Crippen LogP contribution in [-0.2, 0) is 27.1 Å². The summed E-state index contributed by atoms with van der Waals surface area (Å²) in [6, 6.07) is 10.6. The molecule has 4 N–H and O–H groups in total. The molecule has 176 valence electrons. The zero-order valence-corrected chi connectivity index (χ0v) is 20.0. The van der Waals surface area contributed by atoms with Gasteiger partial charge in [0.05, 0.1) is 12.6 Å². The molecule has 0 aliphatic rings. The van der Waals surface area contributed by atoms with Gasteiger partial charge in [0, 0.05) is 26.6 Å². The first-order chi connectivity index (χ1) is 14.7. The van der Waals surface area contributed by atoms with Gasteiger partial charge in [-0.1, -0.05) is 30.3 Å². The fraction of sp³-hybridized carbons (Fsp3) is 0.500. The maximum Gasteiger partial charge on any atom is 0.332 e. The number of hydrogen-bond acceptors (Lipinski definition) is 5. The molecule has 9 nitrogen and oxygen atoms in total. The van der Waals surface area contributed by atoms with E-state index in [9.17, 15) is 14.7 Å². The Morgan fingerprint density at radius 3 is 2.38 bits per heavy atom. The summed E-state index contributed by atoms with van der Waals surface area (Å²) < 4.78 is 4.12. The lowest BCUT2D eigenvalue weighted by Gasteiger charge is -2.17. The summed E-state index contributed by atoms with van der Waals surface area (Å²) in [5.41, 5.74) is 1.03. The maximum absolute atomic E-state index is 12.8. The molecule has 0 saturated heterocycles. The van der Waals surface area contributed by atoms with Crippen LogP contribution in [0.3, 0.4) is 0 Å². The highest BCUT2D eigenvalue weighted by atomic mass is 35.5. The van der Waals surface area contributed by atoms with Crippen LogP contribution in [0.25, 0.3) is 11.2 Å². The Morgan fingerprint density at radius 1 is 1.09 bits per heavy atom. The van der Waals surface area contributed by atoms with Gasteiger partial charge in [0.25, 0.3) is 5.56 Å². The fourth-order valence-corrected chi connectivity index (χ4v) is 3.74. The number of aliphatic hydroxyl groups excluding tert-OH is 1. The van der Waals surface area contributed by atoms with Crippen LogP contribution in [-0.4, -0.2) is 48.5 Å². The van der Waals surface area contributed by atoms with Crippen molar-refractivity contribution in [1.82, 2.24) is 18.7 Å². The number of anilines is 1. The molecule has 0 spiro atoms. The summed E-state index contributed by atoms with van der Waals surface area (Å²) in [5, 5.41) is 16.1. The van der Waals surface area contributed by atoms with Crippen LogP contribution in [0.5, 0.6) is 0 Å². The van der Waals surface area contributed by atoms with Crippen LogP contribution in [0.2, 0.25) is 0 Å². The normalized spacial score (nSPS) is 13.2. The average Bonchev–Trinajstić information content (AvgIpc) is 3.07. The quantitative estimate of drug-likeness (QED) is 0.309. The second-order valence-corrected chi connectivity index (χ2v) is 8.52. The molecule has 2 heterocycles. The van der Waals surface area contributed by atoms with E-state index in [1.807, 2.05) is 32.0 Å². The molecule has 0 saturated carbocycles. The average molecular weight is 465 g/mol. The van der Waals surface area contributed by atoms with E-state index >= 15 is 0 Å². The SMILES string of the molecule is CC(C)Nc1nc2c(c(=O)n(C)c(=O)n2C)n1CC(O)C[NH2+]C(C)Cc1ccccc1.[Cl-]. The highest BCUT2D eigenvalue weighted by Crippen LogP contribution is 2.17. The Kier molecular flexibility index (Phi) is 8.65. The zero-order chi connectivity index (χ0) is 22.7. The van der Waals surface area contributed by atoms with Crippen molar-refractivity contribution in [2.45, 2.75) is 51.9 Å². The molecule has 0 bridgehead atoms. The van der Waals surface area contributed by atoms with Gasteiger partial charge >= 0.3 is 5.69 Å². The first-order valence-electron chi connectivity index (χ1n) is 10.7. The lowest BCUT2D eigenvalue weighted by Crippen LogP contribution is -3.00. The lowest BCUT2D eigenvalue weighted by molar-refractivity contribution is -0.691. The molecule has 0 aliphatic carbocycles. The van der Waals surface area contributed by atoms with Crippen molar-refractivity contribution >= 4 is 17.1 Å². The van der Waals surface area contributed by atoms with E-state index in [4.69, 9.17) is 0 Å². The summed E-state index contributed by atoms with van der Waals surface area (Å²) in [5.74, 6) is 0.472. The Labute approximate surface area is 193 Å². The van der Waals surface area contributed by atoms with E-state index in [2.05, 4.69) is 34.7 Å². The number of nitrogens with zero attached hydrogens (tertiary/aromatic N) is 4. The molecule has 2 aromatic heterocycles. The van der Waals surface area contributed by atoms with Crippen LogP contribution in [0.1, 0.15) is 26.3 Å². The third-order valence-corrected chi connectivity index (χ3v) is 5.37. The largest absolute Gasteiger partial charge is 1.00 e. The summed E-state index contributed by atoms with van der Waals surface area (Å²) in [6.45, 7) is 6.75. The summed E-state index contributed by atoms with van der Waals surface area (Å²) >= 11 is 0. The van der Waals surface area contributed by atoms with Gasteiger partial charge in [-0.25, -0.2) is 4.79 Å². The number of nitrogens with one attached hydrogen (secondary N) is 1. The zero-order valence-electron chi connectivity index (χ0n) is 19.2. The van der Waals surface area contributed by atoms with Crippen molar-refractivity contribution in [3.8, 4) is 0 Å². The van der Waals surface area contributed by atoms with Crippen molar-refractivity contribution in [2.75, 3.05) is 11.9 Å². The van der Waals surface area contributed by atoms with Gasteiger partial charge in [-0.15, -0.1) is 0 Å². The lowest BCUT2D eigenvalue weighted by atomic mass is 10.1. The summed E-state index contributed by atoms with van der Waals surface area (Å²) in [7, 11) is 3.04. The minimum Gasteiger partial charge on any atom is -1.00 e. The Balaban J connectivity index is 0.00000363. The Hall–Kier alpha value is -2.62. The third-order valence-electron chi connectivity index (χ3n) is 5.37. The van der Waals surface area contributed by atoms with Gasteiger partial charge in [-0.05, 0) is 26.3 Å². The van der Waals surface area contributed by atoms with Crippen LogP contribution in [0.4, 0.5) is 5.95 Å². The summed E-state index contributed by atoms with van der Waals surface area (Å²) in [4.78, 5) is 29.6. The standard InChI is InChI=1S/C22H32N6O3.ClH/c1-14(2)24-21-25-19-18(20(30)27(5)22(31)26(19)4)28(21)13-17(29)12-23-15(3)11-16-9-7-6-8-10-16;/h6-10,14-15,17,23,29H,11-13H2,1-5H3,(H,24,25);1H. The molecule has 32 heavy (non-hydrogen) atoms. The van der Waals surface area contributed by atoms with Crippen molar-refractivity contribution in [1.29, 1.82) is 0 Å². The number of hydrogen-bond donors (Lipinski definition) is 3. The molecule has 0 aliphatic heterocycles. The highest BCUT2D eigenvalue weighted by molar-refractivity contribution is 5.74. The first kappa shape index (κ1) is 25.6. The Bertz CT molecular complexity index is 1150. The maximum atomic E-state index is 12.8. The number of imidazole rings is 1. The number of aromatic nitrogens is 4. The molecule has 0 fully saturated rings. The van der Waals surface area contributed by atoms with Gasteiger partial charge in [-0.3, -0.25) is 13.9 Å². The van der Waals surface area contributed by atoms with Crippen molar-refractivity contribution in [2.24, 2.45) is 14.1 Å². The fourth-order valence-electron chi connectivity index (χ4n) is 3.74. The number of halogens is 1. The first-order valence-corrected chi connectivity index (χ1v) is 10.7. The van der Waals surface area contributed by atoms with Crippen LogP contribution >= 0.6 is 0 Å². The van der Waals surface area contributed by atoms with Gasteiger partial charge in [-0.2, -0.15) is 4.98 Å². The van der Waals surface area contributed by atoms with Gasteiger partial charge in [0.2, 0.25) is 5.95 Å². The molecule has 2 atom stereocenters. The molecule has 1 aromatic carbocycles. The third kappa shape index (κ3) is 5.59. The minimum absolute atomic E-state index is 0. The number of quaternary nitrogens is 1. The van der Waals surface area contributed by atoms with Crippen LogP contribution in [0, 0.1) is 0 Å². The molecule has 0 radical (unpaired) electrons. The van der Waals surface area contributed by atoms with E-state index in [0.717, 1.165) is 11.0 Å². The van der Waals surface area contributed by atoms with E-state index in [-0.39, 0.29) is 25.0 Å². The van der Waals surface area contributed by atoms with E-state index in [0.29, 0.717) is 29.7 Å². The number of aliphatic hydroxyl groups is 1. The monoisotopic (exact) mass is 464 g/mol. The van der Waals surface area contributed by atoms with Crippen molar-refractivity contribution in [3.63, 3.8) is 0 Å². The highest BCUT2D eigenvalue weighted by Gasteiger charge is 2.22. The van der Waals surface area contributed by atoms with Gasteiger partial charge in [0.1, 0.15) is 12.6 Å². The second-order valence-electron chi connectivity index (χ2n) is 8.52.